The molecule has 4 rings (SSSR count). The quantitative estimate of drug-likeness (QED) is 0.630. The lowest BCUT2D eigenvalue weighted by Gasteiger charge is -2.17. The van der Waals surface area contributed by atoms with Gasteiger partial charge >= 0.3 is 0 Å². The lowest BCUT2D eigenvalue weighted by molar-refractivity contribution is -0.126. The van der Waals surface area contributed by atoms with E-state index in [1.807, 2.05) is 42.5 Å². The third-order valence-electron chi connectivity index (χ3n) is 5.22. The number of carbonyl (C=O) groups is 2. The Bertz CT molecular complexity index is 1090. The van der Waals surface area contributed by atoms with Crippen LogP contribution in [-0.2, 0) is 16.1 Å². The lowest BCUT2D eigenvalue weighted by Crippen LogP contribution is -2.32. The number of anilines is 1. The van der Waals surface area contributed by atoms with Crippen LogP contribution in [0.5, 0.6) is 11.5 Å². The number of aromatic nitrogens is 1. The van der Waals surface area contributed by atoms with Gasteiger partial charge in [0, 0.05) is 36.3 Å². The molecule has 0 bridgehead atoms. The topological polar surface area (TPSA) is 93.9 Å². The van der Waals surface area contributed by atoms with Crippen molar-refractivity contribution >= 4 is 17.5 Å². The maximum Gasteiger partial charge on any atom is 0.227 e. The van der Waals surface area contributed by atoms with Crippen LogP contribution in [0.25, 0.3) is 11.3 Å². The molecule has 2 heterocycles. The summed E-state index contributed by atoms with van der Waals surface area (Å²) in [6.45, 7) is 0.544. The molecule has 2 aromatic carbocycles. The second-order valence-electron chi connectivity index (χ2n) is 7.24. The van der Waals surface area contributed by atoms with E-state index in [1.165, 1.54) is 0 Å². The zero-order valence-corrected chi connectivity index (χ0v) is 17.3. The Kier molecular flexibility index (Phi) is 5.88. The first-order chi connectivity index (χ1) is 15.1. The van der Waals surface area contributed by atoms with Gasteiger partial charge in [-0.3, -0.25) is 9.59 Å². The molecule has 0 saturated carbocycles. The SMILES string of the molecule is COc1cccc(-c2cc(CNC(=O)C3CC(=O)N(c4cccc(OC)c4)C3)no2)c1. The highest BCUT2D eigenvalue weighted by atomic mass is 16.5. The number of rotatable bonds is 7. The summed E-state index contributed by atoms with van der Waals surface area (Å²) in [6.07, 6.45) is 0.164. The van der Waals surface area contributed by atoms with Gasteiger partial charge in [-0.1, -0.05) is 23.4 Å². The van der Waals surface area contributed by atoms with Gasteiger partial charge < -0.3 is 24.2 Å². The van der Waals surface area contributed by atoms with E-state index in [9.17, 15) is 9.59 Å². The fourth-order valence-corrected chi connectivity index (χ4v) is 3.54. The molecule has 0 aliphatic carbocycles. The summed E-state index contributed by atoms with van der Waals surface area (Å²) in [7, 11) is 3.18. The van der Waals surface area contributed by atoms with Crippen molar-refractivity contribution in [3.63, 3.8) is 0 Å². The molecule has 1 unspecified atom stereocenters. The molecule has 8 heteroatoms. The minimum Gasteiger partial charge on any atom is -0.497 e. The first-order valence-corrected chi connectivity index (χ1v) is 9.89. The van der Waals surface area contributed by atoms with Crippen molar-refractivity contribution in [1.29, 1.82) is 0 Å². The molecule has 1 saturated heterocycles. The Morgan fingerprint density at radius 3 is 2.65 bits per heavy atom. The van der Waals surface area contributed by atoms with E-state index in [0.29, 0.717) is 23.7 Å². The molecule has 160 valence electrons. The van der Waals surface area contributed by atoms with E-state index >= 15 is 0 Å². The molecule has 1 fully saturated rings. The molecule has 31 heavy (non-hydrogen) atoms. The molecule has 3 aromatic rings. The van der Waals surface area contributed by atoms with Gasteiger partial charge in [0.05, 0.1) is 26.7 Å². The lowest BCUT2D eigenvalue weighted by atomic mass is 10.1. The zero-order valence-electron chi connectivity index (χ0n) is 17.3. The summed E-state index contributed by atoms with van der Waals surface area (Å²) in [4.78, 5) is 26.7. The van der Waals surface area contributed by atoms with Crippen LogP contribution in [-0.4, -0.2) is 37.7 Å². The normalized spacial score (nSPS) is 15.7. The van der Waals surface area contributed by atoms with Crippen molar-refractivity contribution in [2.24, 2.45) is 5.92 Å². The Morgan fingerprint density at radius 2 is 1.87 bits per heavy atom. The molecule has 1 aliphatic rings. The molecule has 1 N–H and O–H groups in total. The third kappa shape index (κ3) is 4.53. The van der Waals surface area contributed by atoms with Gasteiger partial charge in [-0.25, -0.2) is 0 Å². The molecular weight excluding hydrogens is 398 g/mol. The predicted octanol–water partition coefficient (Wildman–Crippen LogP) is 3.03. The molecule has 1 atom stereocenters. The first kappa shape index (κ1) is 20.5. The molecule has 2 amide bonds. The molecule has 1 aromatic heterocycles. The highest BCUT2D eigenvalue weighted by molar-refractivity contribution is 6.00. The minimum atomic E-state index is -0.427. The Morgan fingerprint density at radius 1 is 1.13 bits per heavy atom. The van der Waals surface area contributed by atoms with Crippen LogP contribution in [0.4, 0.5) is 5.69 Å². The predicted molar refractivity (Wildman–Crippen MR) is 114 cm³/mol. The van der Waals surface area contributed by atoms with Crippen LogP contribution in [0.3, 0.4) is 0 Å². The largest absolute Gasteiger partial charge is 0.497 e. The van der Waals surface area contributed by atoms with Crippen molar-refractivity contribution in [2.75, 3.05) is 25.7 Å². The van der Waals surface area contributed by atoms with Gasteiger partial charge in [0.2, 0.25) is 11.8 Å². The number of hydrogen-bond acceptors (Lipinski definition) is 6. The summed E-state index contributed by atoms with van der Waals surface area (Å²) in [5.74, 6) is 1.26. The number of methoxy groups -OCH3 is 2. The van der Waals surface area contributed by atoms with Crippen LogP contribution in [0.2, 0.25) is 0 Å². The molecule has 0 radical (unpaired) electrons. The summed E-state index contributed by atoms with van der Waals surface area (Å²) >= 11 is 0. The number of benzene rings is 2. The second kappa shape index (κ2) is 8.91. The average molecular weight is 421 g/mol. The van der Waals surface area contributed by atoms with Crippen LogP contribution in [0.1, 0.15) is 12.1 Å². The van der Waals surface area contributed by atoms with Crippen molar-refractivity contribution < 1.29 is 23.6 Å². The van der Waals surface area contributed by atoms with E-state index in [2.05, 4.69) is 10.5 Å². The second-order valence-corrected chi connectivity index (χ2v) is 7.24. The number of carbonyl (C=O) groups excluding carboxylic acids is 2. The van der Waals surface area contributed by atoms with Crippen LogP contribution >= 0.6 is 0 Å². The minimum absolute atomic E-state index is 0.0878. The van der Waals surface area contributed by atoms with Gasteiger partial charge in [-0.15, -0.1) is 0 Å². The Balaban J connectivity index is 1.36. The molecule has 8 nitrogen and oxygen atoms in total. The molecule has 1 aliphatic heterocycles. The Hall–Kier alpha value is -3.81. The summed E-state index contributed by atoms with van der Waals surface area (Å²) in [5.41, 5.74) is 2.15. The van der Waals surface area contributed by atoms with E-state index in [0.717, 1.165) is 17.0 Å². The van der Waals surface area contributed by atoms with E-state index in [-0.39, 0.29) is 24.8 Å². The van der Waals surface area contributed by atoms with E-state index in [1.54, 1.807) is 31.3 Å². The Labute approximate surface area is 179 Å². The van der Waals surface area contributed by atoms with Gasteiger partial charge in [-0.05, 0) is 24.3 Å². The zero-order chi connectivity index (χ0) is 21.8. The number of nitrogens with one attached hydrogen (secondary N) is 1. The highest BCUT2D eigenvalue weighted by Crippen LogP contribution is 2.28. The maximum absolute atomic E-state index is 12.6. The first-order valence-electron chi connectivity index (χ1n) is 9.89. The van der Waals surface area contributed by atoms with Crippen LogP contribution in [0.15, 0.2) is 59.1 Å². The fraction of sp³-hybridized carbons (Fsp3) is 0.261. The monoisotopic (exact) mass is 421 g/mol. The number of amides is 2. The number of nitrogens with zero attached hydrogens (tertiary/aromatic N) is 2. The highest BCUT2D eigenvalue weighted by Gasteiger charge is 2.35. The number of ether oxygens (including phenoxy) is 2. The third-order valence-corrected chi connectivity index (χ3v) is 5.22. The number of hydrogen-bond donors (Lipinski definition) is 1. The summed E-state index contributed by atoms with van der Waals surface area (Å²) in [6, 6.07) is 16.5. The van der Waals surface area contributed by atoms with Crippen molar-refractivity contribution in [3.05, 3.63) is 60.3 Å². The van der Waals surface area contributed by atoms with E-state index < -0.39 is 5.92 Å². The van der Waals surface area contributed by atoms with Crippen LogP contribution in [0, 0.1) is 5.92 Å². The van der Waals surface area contributed by atoms with Gasteiger partial charge in [-0.2, -0.15) is 0 Å². The fourth-order valence-electron chi connectivity index (χ4n) is 3.54. The maximum atomic E-state index is 12.6. The smallest absolute Gasteiger partial charge is 0.227 e. The van der Waals surface area contributed by atoms with Crippen molar-refractivity contribution in [2.45, 2.75) is 13.0 Å². The van der Waals surface area contributed by atoms with Gasteiger partial charge in [0.1, 0.15) is 17.2 Å². The van der Waals surface area contributed by atoms with Gasteiger partial charge in [0.15, 0.2) is 5.76 Å². The standard InChI is InChI=1S/C23H23N3O5/c1-29-19-7-3-5-15(9-19)21-11-17(25-31-21)13-24-23(28)16-10-22(27)26(14-16)18-6-4-8-20(12-18)30-2/h3-9,11-12,16H,10,13-14H2,1-2H3,(H,24,28). The summed E-state index contributed by atoms with van der Waals surface area (Å²) in [5, 5.41) is 6.88. The van der Waals surface area contributed by atoms with Crippen LogP contribution < -0.4 is 19.7 Å². The van der Waals surface area contributed by atoms with E-state index in [4.69, 9.17) is 14.0 Å². The van der Waals surface area contributed by atoms with Gasteiger partial charge in [0.25, 0.3) is 0 Å². The van der Waals surface area contributed by atoms with Crippen molar-refractivity contribution in [1.82, 2.24) is 10.5 Å². The molecular formula is C23H23N3O5. The van der Waals surface area contributed by atoms with Crippen molar-refractivity contribution in [3.8, 4) is 22.8 Å². The summed E-state index contributed by atoms with van der Waals surface area (Å²) < 4.78 is 15.8. The molecule has 0 spiro atoms. The average Bonchev–Trinajstić information content (AvgIpc) is 3.44.